The van der Waals surface area contributed by atoms with Gasteiger partial charge in [-0.2, -0.15) is 15.2 Å². The molecular formula is C35H33F5N8O2. The first-order valence-corrected chi connectivity index (χ1v) is 16.1. The molecule has 3 fully saturated rings. The number of nitriles is 1. The minimum absolute atomic E-state index is 0.0188. The highest BCUT2D eigenvalue weighted by Gasteiger charge is 2.35. The highest BCUT2D eigenvalue weighted by atomic mass is 19.1. The van der Waals surface area contributed by atoms with Crippen LogP contribution in [0, 0.1) is 28.8 Å². The van der Waals surface area contributed by atoms with Gasteiger partial charge in [-0.05, 0) is 56.1 Å². The first-order valence-electron chi connectivity index (χ1n) is 16.1. The number of alkyl halides is 1. The number of carbonyl (C=O) groups is 1. The van der Waals surface area contributed by atoms with Crippen LogP contribution in [0.4, 0.5) is 27.8 Å². The number of anilines is 1. The molecule has 0 aliphatic carbocycles. The summed E-state index contributed by atoms with van der Waals surface area (Å²) in [5.74, 6) is -4.40. The van der Waals surface area contributed by atoms with Crippen molar-refractivity contribution in [3.8, 4) is 23.3 Å². The zero-order valence-electron chi connectivity index (χ0n) is 27.1. The number of hydrogen-bond donors (Lipinski definition) is 0. The number of hydrogen-bond acceptors (Lipinski definition) is 9. The predicted molar refractivity (Wildman–Crippen MR) is 175 cm³/mol. The molecule has 1 aromatic carbocycles. The maximum Gasteiger partial charge on any atom is 0.318 e. The molecule has 0 bridgehead atoms. The number of pyridine rings is 2. The number of amides is 1. The van der Waals surface area contributed by atoms with E-state index in [2.05, 4.69) is 24.8 Å². The van der Waals surface area contributed by atoms with Gasteiger partial charge in [0.15, 0.2) is 11.6 Å². The maximum absolute atomic E-state index is 15.7. The first kappa shape index (κ1) is 34.6. The molecule has 3 unspecified atom stereocenters. The molecule has 3 aliphatic heterocycles. The summed E-state index contributed by atoms with van der Waals surface area (Å²) < 4.78 is 76.6. The van der Waals surface area contributed by atoms with Gasteiger partial charge >= 0.3 is 6.01 Å². The molecule has 7 rings (SSSR count). The number of halogens is 5. The van der Waals surface area contributed by atoms with E-state index in [1.54, 1.807) is 23.1 Å². The van der Waals surface area contributed by atoms with Gasteiger partial charge in [-0.3, -0.25) is 19.7 Å². The largest absolute Gasteiger partial charge is 0.467 e. The van der Waals surface area contributed by atoms with E-state index in [-0.39, 0.29) is 60.0 Å². The van der Waals surface area contributed by atoms with Crippen LogP contribution in [-0.2, 0) is 4.79 Å². The molecular weight excluding hydrogens is 659 g/mol. The van der Waals surface area contributed by atoms with Crippen molar-refractivity contribution in [3.05, 3.63) is 77.8 Å². The molecule has 15 heteroatoms. The molecule has 0 saturated carbocycles. The third kappa shape index (κ3) is 7.35. The van der Waals surface area contributed by atoms with Gasteiger partial charge < -0.3 is 14.5 Å². The summed E-state index contributed by atoms with van der Waals surface area (Å²) in [7, 11) is 1.28. The lowest BCUT2D eigenvalue weighted by atomic mass is 10.1. The minimum Gasteiger partial charge on any atom is -0.467 e. The molecule has 4 aromatic rings. The SMILES string of the molecule is COc1nc(N2CCN(C(=O)/C(F)=C/c3ccccn3)C(CC#N)C2)c2cnc(-c3cc(F)ccc3F)c(F)c2n1.FC1CC2CCCN2C1. The fourth-order valence-electron chi connectivity index (χ4n) is 6.63. The molecule has 3 atom stereocenters. The van der Waals surface area contributed by atoms with Crippen molar-refractivity contribution >= 4 is 28.7 Å². The number of piperazine rings is 1. The van der Waals surface area contributed by atoms with E-state index in [4.69, 9.17) is 4.74 Å². The summed E-state index contributed by atoms with van der Waals surface area (Å²) in [6, 6.07) is 9.15. The second-order valence-corrected chi connectivity index (χ2v) is 12.2. The van der Waals surface area contributed by atoms with Crippen LogP contribution < -0.4 is 9.64 Å². The first-order chi connectivity index (χ1) is 24.2. The molecule has 260 valence electrons. The van der Waals surface area contributed by atoms with Crippen LogP contribution in [0.25, 0.3) is 28.2 Å². The third-order valence-corrected chi connectivity index (χ3v) is 9.01. The second kappa shape index (κ2) is 15.1. The molecule has 3 aliphatic rings. The third-order valence-electron chi connectivity index (χ3n) is 9.01. The quantitative estimate of drug-likeness (QED) is 0.187. The van der Waals surface area contributed by atoms with Crippen molar-refractivity contribution in [1.82, 2.24) is 29.7 Å². The number of methoxy groups -OCH3 is 1. The van der Waals surface area contributed by atoms with E-state index in [0.717, 1.165) is 37.2 Å². The summed E-state index contributed by atoms with van der Waals surface area (Å²) in [6.07, 6.45) is 6.42. The average molecular weight is 693 g/mol. The summed E-state index contributed by atoms with van der Waals surface area (Å²) >= 11 is 0. The van der Waals surface area contributed by atoms with Crippen LogP contribution in [0.15, 0.2) is 54.6 Å². The zero-order chi connectivity index (χ0) is 35.4. The van der Waals surface area contributed by atoms with E-state index in [9.17, 15) is 27.6 Å². The number of fused-ring (bicyclic) bond motifs is 2. The Morgan fingerprint density at radius 2 is 1.94 bits per heavy atom. The van der Waals surface area contributed by atoms with Gasteiger partial charge in [0.2, 0.25) is 0 Å². The number of carbonyl (C=O) groups excluding carboxylic acids is 1. The van der Waals surface area contributed by atoms with Gasteiger partial charge in [0.25, 0.3) is 5.91 Å². The zero-order valence-corrected chi connectivity index (χ0v) is 27.1. The van der Waals surface area contributed by atoms with Crippen molar-refractivity contribution in [2.75, 3.05) is 44.7 Å². The van der Waals surface area contributed by atoms with Crippen LogP contribution in [0.2, 0.25) is 0 Å². The predicted octanol–water partition coefficient (Wildman–Crippen LogP) is 5.65. The standard InChI is InChI=1S/C28H21F4N7O2.C7H12FN/c1-41-28-36-25-20(14-35-24(23(25)32)19-12-16(29)5-6-21(19)30)26(37-28)38-10-11-39(18(15-38)7-8-33)27(40)22(31)13-17-4-2-3-9-34-17;8-6-4-7-2-1-3-9(7)5-6/h2-6,9,12-14,18H,7,10-11,15H2,1H3;6-7H,1-5H2/b22-13-;. The van der Waals surface area contributed by atoms with Gasteiger partial charge in [0, 0.05) is 56.3 Å². The topological polar surface area (TPSA) is 111 Å². The smallest absolute Gasteiger partial charge is 0.318 e. The lowest BCUT2D eigenvalue weighted by molar-refractivity contribution is -0.131. The van der Waals surface area contributed by atoms with Crippen molar-refractivity contribution in [2.24, 2.45) is 0 Å². The van der Waals surface area contributed by atoms with Crippen molar-refractivity contribution < 1.29 is 31.5 Å². The lowest BCUT2D eigenvalue weighted by Gasteiger charge is -2.41. The number of ether oxygens (including phenoxy) is 1. The Hall–Kier alpha value is -5.23. The van der Waals surface area contributed by atoms with Gasteiger partial charge in [-0.15, -0.1) is 0 Å². The molecule has 0 N–H and O–H groups in total. The van der Waals surface area contributed by atoms with E-state index in [1.165, 1.54) is 37.2 Å². The van der Waals surface area contributed by atoms with E-state index in [1.807, 2.05) is 6.07 Å². The van der Waals surface area contributed by atoms with Crippen molar-refractivity contribution in [1.29, 1.82) is 5.26 Å². The number of aromatic nitrogens is 4. The Labute approximate surface area is 284 Å². The van der Waals surface area contributed by atoms with Gasteiger partial charge in [-0.1, -0.05) is 6.07 Å². The molecule has 0 spiro atoms. The number of benzene rings is 1. The Balaban J connectivity index is 0.000000412. The van der Waals surface area contributed by atoms with Gasteiger partial charge in [0.1, 0.15) is 34.8 Å². The van der Waals surface area contributed by atoms with Gasteiger partial charge in [0.05, 0.1) is 36.7 Å². The minimum atomic E-state index is -1.03. The van der Waals surface area contributed by atoms with Crippen LogP contribution >= 0.6 is 0 Å². The lowest BCUT2D eigenvalue weighted by Crippen LogP contribution is -2.55. The molecule has 0 radical (unpaired) electrons. The van der Waals surface area contributed by atoms with Crippen LogP contribution in [0.1, 0.15) is 31.4 Å². The fourth-order valence-corrected chi connectivity index (χ4v) is 6.63. The van der Waals surface area contributed by atoms with E-state index >= 15 is 4.39 Å². The average Bonchev–Trinajstić information content (AvgIpc) is 3.71. The summed E-state index contributed by atoms with van der Waals surface area (Å²) in [6.45, 7) is 2.07. The highest BCUT2D eigenvalue weighted by molar-refractivity contribution is 5.96. The monoisotopic (exact) mass is 692 g/mol. The highest BCUT2D eigenvalue weighted by Crippen LogP contribution is 2.34. The Morgan fingerprint density at radius 1 is 1.10 bits per heavy atom. The van der Waals surface area contributed by atoms with Gasteiger partial charge in [-0.25, -0.2) is 22.0 Å². The maximum atomic E-state index is 15.7. The molecule has 1 amide bonds. The molecule has 3 aromatic heterocycles. The Kier molecular flexibility index (Phi) is 10.5. The van der Waals surface area contributed by atoms with Crippen molar-refractivity contribution in [3.63, 3.8) is 0 Å². The summed E-state index contributed by atoms with van der Waals surface area (Å²) in [4.78, 5) is 34.7. The number of rotatable bonds is 6. The normalized spacial score (nSPS) is 20.7. The summed E-state index contributed by atoms with van der Waals surface area (Å²) in [5.41, 5.74) is -0.819. The van der Waals surface area contributed by atoms with Crippen LogP contribution in [0.3, 0.4) is 0 Å². The number of nitrogens with zero attached hydrogens (tertiary/aromatic N) is 8. The molecule has 10 nitrogen and oxygen atoms in total. The molecule has 50 heavy (non-hydrogen) atoms. The van der Waals surface area contributed by atoms with Crippen LogP contribution in [0.5, 0.6) is 6.01 Å². The Bertz CT molecular complexity index is 1930. The summed E-state index contributed by atoms with van der Waals surface area (Å²) in [5, 5.41) is 9.57. The fraction of sp³-hybridized carbons (Fsp3) is 0.371. The van der Waals surface area contributed by atoms with Crippen LogP contribution in [-0.4, -0.2) is 93.7 Å². The van der Waals surface area contributed by atoms with Crippen molar-refractivity contribution in [2.45, 2.75) is 43.9 Å². The molecule has 6 heterocycles. The Morgan fingerprint density at radius 3 is 2.68 bits per heavy atom. The van der Waals surface area contributed by atoms with E-state index < -0.39 is 47.1 Å². The van der Waals surface area contributed by atoms with E-state index in [0.29, 0.717) is 12.6 Å². The second-order valence-electron chi connectivity index (χ2n) is 12.2. The molecule has 3 saturated heterocycles.